The molecule has 3 heterocycles. The molecular formula is C49H31N3. The maximum Gasteiger partial charge on any atom is 0.0723 e. The summed E-state index contributed by atoms with van der Waals surface area (Å²) in [5.41, 5.74) is 12.9. The lowest BCUT2D eigenvalue weighted by atomic mass is 9.96. The highest BCUT2D eigenvalue weighted by molar-refractivity contribution is 6.22. The maximum atomic E-state index is 4.89. The van der Waals surface area contributed by atoms with Crippen LogP contribution in [-0.2, 0) is 0 Å². The van der Waals surface area contributed by atoms with Crippen LogP contribution < -0.4 is 0 Å². The van der Waals surface area contributed by atoms with E-state index in [9.17, 15) is 0 Å². The normalized spacial score (nSPS) is 11.8. The molecule has 52 heavy (non-hydrogen) atoms. The van der Waals surface area contributed by atoms with Crippen molar-refractivity contribution in [1.29, 1.82) is 0 Å². The molecule has 11 aromatic rings. The van der Waals surface area contributed by atoms with Crippen LogP contribution in [0.15, 0.2) is 188 Å². The first-order valence-corrected chi connectivity index (χ1v) is 17.8. The van der Waals surface area contributed by atoms with E-state index in [0.29, 0.717) is 0 Å². The van der Waals surface area contributed by atoms with E-state index in [1.807, 2.05) is 6.20 Å². The number of hydrogen-bond donors (Lipinski definition) is 0. The van der Waals surface area contributed by atoms with E-state index < -0.39 is 0 Å². The molecule has 0 unspecified atom stereocenters. The van der Waals surface area contributed by atoms with Crippen molar-refractivity contribution in [3.8, 4) is 33.6 Å². The summed E-state index contributed by atoms with van der Waals surface area (Å²) in [6.45, 7) is 0. The molecule has 242 valence electrons. The average molecular weight is 662 g/mol. The zero-order valence-corrected chi connectivity index (χ0v) is 28.2. The largest absolute Gasteiger partial charge is 0.309 e. The van der Waals surface area contributed by atoms with Gasteiger partial charge in [0.25, 0.3) is 0 Å². The van der Waals surface area contributed by atoms with Crippen LogP contribution >= 0.6 is 0 Å². The van der Waals surface area contributed by atoms with Gasteiger partial charge in [0.2, 0.25) is 0 Å². The summed E-state index contributed by atoms with van der Waals surface area (Å²) in [4.78, 5) is 4.89. The zero-order valence-electron chi connectivity index (χ0n) is 28.2. The van der Waals surface area contributed by atoms with E-state index in [1.165, 1.54) is 76.9 Å². The Balaban J connectivity index is 1.10. The van der Waals surface area contributed by atoms with Crippen LogP contribution in [0, 0.1) is 0 Å². The van der Waals surface area contributed by atoms with Crippen LogP contribution in [0.3, 0.4) is 0 Å². The fourth-order valence-corrected chi connectivity index (χ4v) is 8.36. The number of fused-ring (bicyclic) bond motifs is 10. The number of benzene rings is 8. The standard InChI is InChI=1S/C49H31N3/c1-3-15-37(16-4-1)51-46-26-24-36(30-42(46)48-39-19-8-7-12-32(39)22-27-47(48)51)34-14-11-13-33(28-34)35-23-25-45-41(29-35)43-31-50-44-21-10-9-20-40(44)49(43)52(45)38-17-5-2-6-18-38/h1-31H. The summed E-state index contributed by atoms with van der Waals surface area (Å²) in [7, 11) is 0. The Kier molecular flexibility index (Phi) is 6.25. The molecule has 3 nitrogen and oxygen atoms in total. The summed E-state index contributed by atoms with van der Waals surface area (Å²) < 4.78 is 4.79. The fraction of sp³-hybridized carbons (Fsp3) is 0. The molecule has 0 aliphatic heterocycles. The monoisotopic (exact) mass is 661 g/mol. The Morgan fingerprint density at radius 3 is 1.67 bits per heavy atom. The number of nitrogens with zero attached hydrogens (tertiary/aromatic N) is 3. The minimum atomic E-state index is 1.000. The molecule has 8 aromatic carbocycles. The average Bonchev–Trinajstić information content (AvgIpc) is 3.74. The second-order valence-corrected chi connectivity index (χ2v) is 13.6. The Bertz CT molecular complexity index is 3170. The number of rotatable bonds is 4. The summed E-state index contributed by atoms with van der Waals surface area (Å²) >= 11 is 0. The van der Waals surface area contributed by atoms with Gasteiger partial charge in [0.05, 0.1) is 27.6 Å². The lowest BCUT2D eigenvalue weighted by Crippen LogP contribution is -1.94. The van der Waals surface area contributed by atoms with Crippen molar-refractivity contribution < 1.29 is 0 Å². The van der Waals surface area contributed by atoms with Crippen LogP contribution in [0.1, 0.15) is 0 Å². The van der Waals surface area contributed by atoms with E-state index in [-0.39, 0.29) is 0 Å². The van der Waals surface area contributed by atoms with Crippen molar-refractivity contribution in [2.75, 3.05) is 0 Å². The van der Waals surface area contributed by atoms with Crippen molar-refractivity contribution in [2.45, 2.75) is 0 Å². The molecule has 0 amide bonds. The minimum Gasteiger partial charge on any atom is -0.309 e. The summed E-state index contributed by atoms with van der Waals surface area (Å²) in [5, 5.41) is 8.58. The molecule has 3 heteroatoms. The third-order valence-corrected chi connectivity index (χ3v) is 10.7. The van der Waals surface area contributed by atoms with Gasteiger partial charge in [-0.3, -0.25) is 4.98 Å². The van der Waals surface area contributed by atoms with Crippen LogP contribution in [0.25, 0.3) is 98.9 Å². The molecule has 11 rings (SSSR count). The van der Waals surface area contributed by atoms with Gasteiger partial charge in [0.1, 0.15) is 0 Å². The van der Waals surface area contributed by atoms with Gasteiger partial charge in [-0.15, -0.1) is 0 Å². The van der Waals surface area contributed by atoms with Crippen LogP contribution in [0.5, 0.6) is 0 Å². The van der Waals surface area contributed by atoms with Crippen molar-refractivity contribution >= 4 is 65.3 Å². The molecule has 0 fully saturated rings. The fourth-order valence-electron chi connectivity index (χ4n) is 8.36. The highest BCUT2D eigenvalue weighted by Gasteiger charge is 2.18. The molecule has 0 radical (unpaired) electrons. The van der Waals surface area contributed by atoms with E-state index in [4.69, 9.17) is 4.98 Å². The first-order valence-electron chi connectivity index (χ1n) is 17.8. The number of aromatic nitrogens is 3. The molecule has 0 atom stereocenters. The predicted octanol–water partition coefficient (Wildman–Crippen LogP) is 12.9. The van der Waals surface area contributed by atoms with E-state index >= 15 is 0 Å². The molecule has 3 aromatic heterocycles. The van der Waals surface area contributed by atoms with Gasteiger partial charge < -0.3 is 9.13 Å². The second-order valence-electron chi connectivity index (χ2n) is 13.6. The first-order chi connectivity index (χ1) is 25.8. The molecule has 0 N–H and O–H groups in total. The highest BCUT2D eigenvalue weighted by Crippen LogP contribution is 2.41. The number of para-hydroxylation sites is 3. The smallest absolute Gasteiger partial charge is 0.0723 e. The summed E-state index contributed by atoms with van der Waals surface area (Å²) in [6, 6.07) is 65.8. The Morgan fingerprint density at radius 2 is 0.923 bits per heavy atom. The van der Waals surface area contributed by atoms with Crippen molar-refractivity contribution in [3.05, 3.63) is 188 Å². The topological polar surface area (TPSA) is 22.8 Å². The molecule has 0 aliphatic carbocycles. The Hall–Kier alpha value is -6.97. The van der Waals surface area contributed by atoms with Gasteiger partial charge in [0, 0.05) is 44.5 Å². The SMILES string of the molecule is c1ccc(-n2c3ccc(-c4cccc(-c5ccc6c(c5)c5cnc7ccccc7c5n6-c5ccccc5)c4)cc3c3c4ccccc4ccc32)cc1. The lowest BCUT2D eigenvalue weighted by Gasteiger charge is -2.10. The van der Waals surface area contributed by atoms with Gasteiger partial charge in [-0.05, 0) is 99.8 Å². The first kappa shape index (κ1) is 28.8. The molecule has 0 spiro atoms. The quantitative estimate of drug-likeness (QED) is 0.184. The summed E-state index contributed by atoms with van der Waals surface area (Å²) in [5.74, 6) is 0. The van der Waals surface area contributed by atoms with E-state index in [2.05, 4.69) is 191 Å². The highest BCUT2D eigenvalue weighted by atomic mass is 15.0. The maximum absolute atomic E-state index is 4.89. The zero-order chi connectivity index (χ0) is 34.2. The van der Waals surface area contributed by atoms with Crippen molar-refractivity contribution in [3.63, 3.8) is 0 Å². The van der Waals surface area contributed by atoms with Gasteiger partial charge in [-0.1, -0.05) is 115 Å². The van der Waals surface area contributed by atoms with Crippen molar-refractivity contribution in [1.82, 2.24) is 14.1 Å². The predicted molar refractivity (Wildman–Crippen MR) is 219 cm³/mol. The Morgan fingerprint density at radius 1 is 0.346 bits per heavy atom. The van der Waals surface area contributed by atoms with Gasteiger partial charge >= 0.3 is 0 Å². The molecule has 0 saturated heterocycles. The van der Waals surface area contributed by atoms with Gasteiger partial charge in [-0.2, -0.15) is 0 Å². The second kappa shape index (κ2) is 11.3. The molecule has 0 saturated carbocycles. The number of pyridine rings is 1. The lowest BCUT2D eigenvalue weighted by molar-refractivity contribution is 1.18. The third kappa shape index (κ3) is 4.30. The van der Waals surface area contributed by atoms with Crippen molar-refractivity contribution in [2.24, 2.45) is 0 Å². The summed E-state index contributed by atoms with van der Waals surface area (Å²) in [6.07, 6.45) is 2.05. The molecular weight excluding hydrogens is 631 g/mol. The van der Waals surface area contributed by atoms with E-state index in [0.717, 1.165) is 22.0 Å². The Labute approximate surface area is 300 Å². The van der Waals surface area contributed by atoms with Crippen LogP contribution in [0.4, 0.5) is 0 Å². The number of hydrogen-bond acceptors (Lipinski definition) is 1. The molecule has 0 bridgehead atoms. The minimum absolute atomic E-state index is 1.000. The third-order valence-electron chi connectivity index (χ3n) is 10.7. The van der Waals surface area contributed by atoms with Gasteiger partial charge in [-0.25, -0.2) is 0 Å². The molecule has 0 aliphatic rings. The van der Waals surface area contributed by atoms with Crippen LogP contribution in [0.2, 0.25) is 0 Å². The van der Waals surface area contributed by atoms with Crippen LogP contribution in [-0.4, -0.2) is 14.1 Å². The van der Waals surface area contributed by atoms with Gasteiger partial charge in [0.15, 0.2) is 0 Å². The van der Waals surface area contributed by atoms with E-state index in [1.54, 1.807) is 0 Å².